The minimum Gasteiger partial charge on any atom is -0.387 e. The van der Waals surface area contributed by atoms with Crippen LogP contribution in [0.4, 0.5) is 0 Å². The van der Waals surface area contributed by atoms with Gasteiger partial charge in [0.1, 0.15) is 0 Å². The predicted octanol–water partition coefficient (Wildman–Crippen LogP) is 1.42. The summed E-state index contributed by atoms with van der Waals surface area (Å²) in [6.07, 6.45) is 0.503. The molecule has 1 heterocycles. The van der Waals surface area contributed by atoms with Crippen LogP contribution in [-0.2, 0) is 9.47 Å². The molecule has 0 aliphatic rings. The molecule has 0 aromatic carbocycles. The lowest BCUT2D eigenvalue weighted by Crippen LogP contribution is -2.25. The lowest BCUT2D eigenvalue weighted by Gasteiger charge is -2.10. The topological polar surface area (TPSA) is 50.7 Å². The monoisotopic (exact) mass is 259 g/mol. The van der Waals surface area contributed by atoms with Gasteiger partial charge in [0.2, 0.25) is 0 Å². The molecule has 4 nitrogen and oxygen atoms in total. The van der Waals surface area contributed by atoms with Crippen LogP contribution in [0.1, 0.15) is 18.1 Å². The highest BCUT2D eigenvalue weighted by molar-refractivity contribution is 7.07. The highest BCUT2D eigenvalue weighted by Gasteiger charge is 2.06. The fraction of sp³-hybridized carbons (Fsp3) is 0.667. The number of hydrogen-bond acceptors (Lipinski definition) is 5. The molecule has 0 fully saturated rings. The molecule has 5 heteroatoms. The lowest BCUT2D eigenvalue weighted by atomic mass is 10.2. The first-order chi connectivity index (χ1) is 8.34. The Hall–Kier alpha value is -0.460. The maximum absolute atomic E-state index is 9.77. The van der Waals surface area contributed by atoms with E-state index >= 15 is 0 Å². The number of rotatable bonds is 10. The van der Waals surface area contributed by atoms with Crippen molar-refractivity contribution in [3.8, 4) is 0 Å². The molecule has 0 amide bonds. The molecule has 98 valence electrons. The van der Waals surface area contributed by atoms with E-state index in [0.29, 0.717) is 13.2 Å². The van der Waals surface area contributed by atoms with Gasteiger partial charge in [0.25, 0.3) is 0 Å². The van der Waals surface area contributed by atoms with Gasteiger partial charge >= 0.3 is 0 Å². The summed E-state index contributed by atoms with van der Waals surface area (Å²) in [7, 11) is 1.69. The Morgan fingerprint density at radius 3 is 3.00 bits per heavy atom. The van der Waals surface area contributed by atoms with Gasteiger partial charge in [0.15, 0.2) is 0 Å². The second-order valence-electron chi connectivity index (χ2n) is 3.74. The van der Waals surface area contributed by atoms with Gasteiger partial charge in [0, 0.05) is 33.4 Å². The van der Waals surface area contributed by atoms with Gasteiger partial charge in [-0.2, -0.15) is 11.3 Å². The van der Waals surface area contributed by atoms with Crippen molar-refractivity contribution < 1.29 is 14.6 Å². The zero-order valence-corrected chi connectivity index (χ0v) is 11.0. The van der Waals surface area contributed by atoms with E-state index in [1.54, 1.807) is 18.4 Å². The van der Waals surface area contributed by atoms with E-state index in [1.807, 2.05) is 16.8 Å². The zero-order valence-electron chi connectivity index (χ0n) is 10.2. The molecule has 1 unspecified atom stereocenters. The van der Waals surface area contributed by atoms with Crippen LogP contribution >= 0.6 is 11.3 Å². The zero-order chi connectivity index (χ0) is 12.3. The van der Waals surface area contributed by atoms with Gasteiger partial charge in [-0.05, 0) is 28.8 Å². The second kappa shape index (κ2) is 9.56. The third-order valence-corrected chi connectivity index (χ3v) is 3.03. The fourth-order valence-electron chi connectivity index (χ4n) is 1.37. The third-order valence-electron chi connectivity index (χ3n) is 2.33. The van der Waals surface area contributed by atoms with Gasteiger partial charge in [0.05, 0.1) is 12.7 Å². The van der Waals surface area contributed by atoms with Crippen LogP contribution in [0, 0.1) is 0 Å². The average Bonchev–Trinajstić information content (AvgIpc) is 2.86. The Morgan fingerprint density at radius 1 is 1.41 bits per heavy atom. The highest BCUT2D eigenvalue weighted by atomic mass is 32.1. The standard InChI is InChI=1S/C12H21NO3S/c1-15-5-2-6-16-7-4-13-9-12(14)11-3-8-17-10-11/h3,8,10,12-14H,2,4-7,9H2,1H3. The largest absolute Gasteiger partial charge is 0.387 e. The first-order valence-electron chi connectivity index (χ1n) is 5.82. The van der Waals surface area contributed by atoms with Crippen LogP contribution < -0.4 is 5.32 Å². The molecule has 0 saturated carbocycles. The highest BCUT2D eigenvalue weighted by Crippen LogP contribution is 2.14. The van der Waals surface area contributed by atoms with Crippen LogP contribution in [-0.4, -0.2) is 45.1 Å². The molecule has 0 aliphatic carbocycles. The average molecular weight is 259 g/mol. The number of aliphatic hydroxyl groups excluding tert-OH is 1. The molecule has 1 aromatic heterocycles. The molecule has 1 atom stereocenters. The number of nitrogens with one attached hydrogen (secondary N) is 1. The van der Waals surface area contributed by atoms with Crippen molar-refractivity contribution in [3.63, 3.8) is 0 Å². The molecule has 2 N–H and O–H groups in total. The smallest absolute Gasteiger partial charge is 0.0922 e. The Balaban J connectivity index is 1.90. The summed E-state index contributed by atoms with van der Waals surface area (Å²) in [4.78, 5) is 0. The molecule has 0 saturated heterocycles. The normalized spacial score (nSPS) is 12.8. The van der Waals surface area contributed by atoms with Crippen LogP contribution in [0.25, 0.3) is 0 Å². The molecule has 0 radical (unpaired) electrons. The van der Waals surface area contributed by atoms with Crippen LogP contribution in [0.15, 0.2) is 16.8 Å². The minimum absolute atomic E-state index is 0.422. The van der Waals surface area contributed by atoms with E-state index in [9.17, 15) is 5.11 Å². The number of thiophene rings is 1. The van der Waals surface area contributed by atoms with Crippen LogP contribution in [0.2, 0.25) is 0 Å². The maximum atomic E-state index is 9.77. The van der Waals surface area contributed by atoms with Crippen LogP contribution in [0.5, 0.6) is 0 Å². The van der Waals surface area contributed by atoms with Crippen LogP contribution in [0.3, 0.4) is 0 Å². The summed E-state index contributed by atoms with van der Waals surface area (Å²) in [5.74, 6) is 0. The van der Waals surface area contributed by atoms with E-state index in [2.05, 4.69) is 5.32 Å². The van der Waals surface area contributed by atoms with Gasteiger partial charge < -0.3 is 19.9 Å². The number of methoxy groups -OCH3 is 1. The van der Waals surface area contributed by atoms with Crippen molar-refractivity contribution in [2.75, 3.05) is 40.0 Å². The Morgan fingerprint density at radius 2 is 2.29 bits per heavy atom. The summed E-state index contributed by atoms with van der Waals surface area (Å²) in [6, 6.07) is 1.94. The lowest BCUT2D eigenvalue weighted by molar-refractivity contribution is 0.101. The fourth-order valence-corrected chi connectivity index (χ4v) is 2.08. The van der Waals surface area contributed by atoms with E-state index in [1.165, 1.54) is 0 Å². The molecule has 1 aromatic rings. The van der Waals surface area contributed by atoms with E-state index < -0.39 is 6.10 Å². The molecular weight excluding hydrogens is 238 g/mol. The van der Waals surface area contributed by atoms with Crippen molar-refractivity contribution in [1.82, 2.24) is 5.32 Å². The molecular formula is C12H21NO3S. The molecule has 1 rings (SSSR count). The Bertz CT molecular complexity index is 267. The molecule has 0 spiro atoms. The van der Waals surface area contributed by atoms with Crippen molar-refractivity contribution in [2.45, 2.75) is 12.5 Å². The van der Waals surface area contributed by atoms with E-state index in [0.717, 1.165) is 31.7 Å². The third kappa shape index (κ3) is 6.75. The van der Waals surface area contributed by atoms with Gasteiger partial charge in [-0.15, -0.1) is 0 Å². The Kier molecular flexibility index (Phi) is 8.21. The Labute approximate surface area is 107 Å². The SMILES string of the molecule is COCCCOCCNCC(O)c1ccsc1. The van der Waals surface area contributed by atoms with E-state index in [-0.39, 0.29) is 0 Å². The summed E-state index contributed by atoms with van der Waals surface area (Å²) in [5.41, 5.74) is 0.975. The summed E-state index contributed by atoms with van der Waals surface area (Å²) in [6.45, 7) is 3.46. The quantitative estimate of drug-likeness (QED) is 0.624. The first kappa shape index (κ1) is 14.6. The summed E-state index contributed by atoms with van der Waals surface area (Å²) < 4.78 is 10.3. The van der Waals surface area contributed by atoms with Gasteiger partial charge in [-0.1, -0.05) is 0 Å². The van der Waals surface area contributed by atoms with Gasteiger partial charge in [-0.25, -0.2) is 0 Å². The molecule has 17 heavy (non-hydrogen) atoms. The number of ether oxygens (including phenoxy) is 2. The second-order valence-corrected chi connectivity index (χ2v) is 4.52. The van der Waals surface area contributed by atoms with Crippen molar-refractivity contribution >= 4 is 11.3 Å². The number of hydrogen-bond donors (Lipinski definition) is 2. The van der Waals surface area contributed by atoms with Crippen molar-refractivity contribution in [3.05, 3.63) is 22.4 Å². The van der Waals surface area contributed by atoms with E-state index in [4.69, 9.17) is 9.47 Å². The number of aliphatic hydroxyl groups is 1. The van der Waals surface area contributed by atoms with Gasteiger partial charge in [-0.3, -0.25) is 0 Å². The predicted molar refractivity (Wildman–Crippen MR) is 69.5 cm³/mol. The van der Waals surface area contributed by atoms with Crippen molar-refractivity contribution in [2.24, 2.45) is 0 Å². The first-order valence-corrected chi connectivity index (χ1v) is 6.76. The summed E-state index contributed by atoms with van der Waals surface area (Å²) in [5, 5.41) is 16.9. The van der Waals surface area contributed by atoms with Crippen molar-refractivity contribution in [1.29, 1.82) is 0 Å². The maximum Gasteiger partial charge on any atom is 0.0922 e. The molecule has 0 aliphatic heterocycles. The minimum atomic E-state index is -0.422. The molecule has 0 bridgehead atoms. The summed E-state index contributed by atoms with van der Waals surface area (Å²) >= 11 is 1.60.